The lowest BCUT2D eigenvalue weighted by Crippen LogP contribution is -2.37. The van der Waals surface area contributed by atoms with E-state index in [-0.39, 0.29) is 18.0 Å². The number of carbonyl (C=O) groups is 1. The SMILES string of the molecule is Cc1ccccc1S(=O)(=O)NCCNC(=O)OC(C)(C)C. The Bertz CT molecular complexity index is 591. The van der Waals surface area contributed by atoms with Gasteiger partial charge in [-0.3, -0.25) is 0 Å². The first-order chi connectivity index (χ1) is 9.62. The van der Waals surface area contributed by atoms with Gasteiger partial charge in [-0.15, -0.1) is 0 Å². The molecule has 7 heteroatoms. The fourth-order valence-electron chi connectivity index (χ4n) is 1.60. The highest BCUT2D eigenvalue weighted by atomic mass is 32.2. The molecule has 2 N–H and O–H groups in total. The molecule has 0 aliphatic carbocycles. The van der Waals surface area contributed by atoms with Crippen molar-refractivity contribution in [2.75, 3.05) is 13.1 Å². The van der Waals surface area contributed by atoms with Crippen LogP contribution in [0.4, 0.5) is 4.79 Å². The van der Waals surface area contributed by atoms with E-state index in [1.165, 1.54) is 0 Å². The van der Waals surface area contributed by atoms with Gasteiger partial charge in [0, 0.05) is 13.1 Å². The molecule has 21 heavy (non-hydrogen) atoms. The molecular weight excluding hydrogens is 292 g/mol. The summed E-state index contributed by atoms with van der Waals surface area (Å²) in [7, 11) is -3.57. The van der Waals surface area contributed by atoms with Gasteiger partial charge in [0.25, 0.3) is 0 Å². The molecule has 0 saturated carbocycles. The lowest BCUT2D eigenvalue weighted by molar-refractivity contribution is 0.0529. The number of alkyl carbamates (subject to hydrolysis) is 1. The molecule has 0 radical (unpaired) electrons. The summed E-state index contributed by atoms with van der Waals surface area (Å²) < 4.78 is 31.6. The maximum absolute atomic E-state index is 12.1. The molecule has 1 rings (SSSR count). The van der Waals surface area contributed by atoms with Crippen LogP contribution >= 0.6 is 0 Å². The van der Waals surface area contributed by atoms with Crippen molar-refractivity contribution in [1.82, 2.24) is 10.0 Å². The van der Waals surface area contributed by atoms with Gasteiger partial charge in [0.1, 0.15) is 5.60 Å². The van der Waals surface area contributed by atoms with Gasteiger partial charge in [0.05, 0.1) is 4.90 Å². The van der Waals surface area contributed by atoms with E-state index in [2.05, 4.69) is 10.0 Å². The Morgan fingerprint density at radius 3 is 2.38 bits per heavy atom. The normalized spacial score (nSPS) is 12.0. The number of nitrogens with one attached hydrogen (secondary N) is 2. The van der Waals surface area contributed by atoms with Gasteiger partial charge in [-0.25, -0.2) is 17.9 Å². The zero-order valence-electron chi connectivity index (χ0n) is 12.8. The Labute approximate surface area is 125 Å². The predicted octanol–water partition coefficient (Wildman–Crippen LogP) is 1.80. The van der Waals surface area contributed by atoms with E-state index >= 15 is 0 Å². The van der Waals surface area contributed by atoms with E-state index < -0.39 is 21.7 Å². The number of ether oxygens (including phenoxy) is 1. The lowest BCUT2D eigenvalue weighted by Gasteiger charge is -2.19. The molecule has 0 spiro atoms. The van der Waals surface area contributed by atoms with Crippen molar-refractivity contribution >= 4 is 16.1 Å². The summed E-state index contributed by atoms with van der Waals surface area (Å²) >= 11 is 0. The van der Waals surface area contributed by atoms with Crippen LogP contribution in [0, 0.1) is 6.92 Å². The highest BCUT2D eigenvalue weighted by Gasteiger charge is 2.17. The summed E-state index contributed by atoms with van der Waals surface area (Å²) in [6.45, 7) is 7.25. The van der Waals surface area contributed by atoms with E-state index in [9.17, 15) is 13.2 Å². The molecule has 118 valence electrons. The van der Waals surface area contributed by atoms with E-state index in [0.29, 0.717) is 5.56 Å². The third-order valence-electron chi connectivity index (χ3n) is 2.47. The van der Waals surface area contributed by atoms with E-state index in [4.69, 9.17) is 4.74 Å². The monoisotopic (exact) mass is 314 g/mol. The third-order valence-corrected chi connectivity index (χ3v) is 4.09. The number of rotatable bonds is 5. The maximum Gasteiger partial charge on any atom is 0.407 e. The van der Waals surface area contributed by atoms with Crippen LogP contribution in [0.15, 0.2) is 29.2 Å². The first-order valence-electron chi connectivity index (χ1n) is 6.64. The van der Waals surface area contributed by atoms with Crippen LogP contribution < -0.4 is 10.0 Å². The molecule has 6 nitrogen and oxygen atoms in total. The number of carbonyl (C=O) groups excluding carboxylic acids is 1. The molecule has 1 aromatic rings. The largest absolute Gasteiger partial charge is 0.444 e. The smallest absolute Gasteiger partial charge is 0.407 e. The van der Waals surface area contributed by atoms with E-state index in [1.54, 1.807) is 52.0 Å². The number of hydrogen-bond donors (Lipinski definition) is 2. The number of sulfonamides is 1. The Kier molecular flexibility index (Phi) is 5.74. The molecule has 0 heterocycles. The van der Waals surface area contributed by atoms with Crippen molar-refractivity contribution in [3.05, 3.63) is 29.8 Å². The van der Waals surface area contributed by atoms with Gasteiger partial charge >= 0.3 is 6.09 Å². The molecule has 0 saturated heterocycles. The Hall–Kier alpha value is -1.60. The number of hydrogen-bond acceptors (Lipinski definition) is 4. The first-order valence-corrected chi connectivity index (χ1v) is 8.12. The molecule has 0 unspecified atom stereocenters. The zero-order chi connectivity index (χ0) is 16.1. The van der Waals surface area contributed by atoms with Crippen LogP contribution in [-0.2, 0) is 14.8 Å². The summed E-state index contributed by atoms with van der Waals surface area (Å²) in [6.07, 6.45) is -0.572. The van der Waals surface area contributed by atoms with Crippen molar-refractivity contribution in [3.63, 3.8) is 0 Å². The van der Waals surface area contributed by atoms with Crippen molar-refractivity contribution < 1.29 is 17.9 Å². The average Bonchev–Trinajstić information content (AvgIpc) is 2.33. The van der Waals surface area contributed by atoms with Crippen LogP contribution in [0.2, 0.25) is 0 Å². The summed E-state index contributed by atoms with van der Waals surface area (Å²) in [5, 5.41) is 2.49. The minimum absolute atomic E-state index is 0.0932. The average molecular weight is 314 g/mol. The second-order valence-corrected chi connectivity index (χ2v) is 7.33. The number of aryl methyl sites for hydroxylation is 1. The third kappa shape index (κ3) is 6.14. The second-order valence-electron chi connectivity index (χ2n) is 5.59. The van der Waals surface area contributed by atoms with Crippen LogP contribution in [0.25, 0.3) is 0 Å². The second kappa shape index (κ2) is 6.91. The predicted molar refractivity (Wildman–Crippen MR) is 80.6 cm³/mol. The summed E-state index contributed by atoms with van der Waals surface area (Å²) in [6, 6.07) is 6.71. The minimum Gasteiger partial charge on any atom is -0.444 e. The first kappa shape index (κ1) is 17.5. The Balaban J connectivity index is 2.46. The van der Waals surface area contributed by atoms with Gasteiger partial charge in [0.15, 0.2) is 0 Å². The van der Waals surface area contributed by atoms with Gasteiger partial charge < -0.3 is 10.1 Å². The van der Waals surface area contributed by atoms with Gasteiger partial charge in [-0.05, 0) is 39.3 Å². The van der Waals surface area contributed by atoms with E-state index in [1.807, 2.05) is 0 Å². The molecule has 0 bridgehead atoms. The highest BCUT2D eigenvalue weighted by Crippen LogP contribution is 2.13. The zero-order valence-corrected chi connectivity index (χ0v) is 13.6. The fourth-order valence-corrected chi connectivity index (χ4v) is 2.88. The molecule has 0 atom stereocenters. The standard InChI is InChI=1S/C14H22N2O4S/c1-11-7-5-6-8-12(11)21(18,19)16-10-9-15-13(17)20-14(2,3)4/h5-8,16H,9-10H2,1-4H3,(H,15,17). The van der Waals surface area contributed by atoms with Crippen LogP contribution in [0.1, 0.15) is 26.3 Å². The van der Waals surface area contributed by atoms with Crippen molar-refractivity contribution in [1.29, 1.82) is 0 Å². The fraction of sp³-hybridized carbons (Fsp3) is 0.500. The maximum atomic E-state index is 12.1. The van der Waals surface area contributed by atoms with Crippen LogP contribution in [-0.4, -0.2) is 33.2 Å². The molecule has 0 aliphatic rings. The minimum atomic E-state index is -3.57. The van der Waals surface area contributed by atoms with E-state index in [0.717, 1.165) is 0 Å². The number of amides is 1. The lowest BCUT2D eigenvalue weighted by atomic mass is 10.2. The molecule has 1 amide bonds. The summed E-state index contributed by atoms with van der Waals surface area (Å²) in [5.41, 5.74) is 0.0928. The molecule has 1 aromatic carbocycles. The molecule has 0 aromatic heterocycles. The summed E-state index contributed by atoms with van der Waals surface area (Å²) in [5.74, 6) is 0. The van der Waals surface area contributed by atoms with Gasteiger partial charge in [0.2, 0.25) is 10.0 Å². The topological polar surface area (TPSA) is 84.5 Å². The van der Waals surface area contributed by atoms with Gasteiger partial charge in [-0.2, -0.15) is 0 Å². The Morgan fingerprint density at radius 2 is 1.81 bits per heavy atom. The quantitative estimate of drug-likeness (QED) is 0.812. The summed E-state index contributed by atoms with van der Waals surface area (Å²) in [4.78, 5) is 11.6. The molecule has 0 fully saturated rings. The van der Waals surface area contributed by atoms with Gasteiger partial charge in [-0.1, -0.05) is 18.2 Å². The van der Waals surface area contributed by atoms with Crippen molar-refractivity contribution in [2.24, 2.45) is 0 Å². The molecular formula is C14H22N2O4S. The van der Waals surface area contributed by atoms with Crippen LogP contribution in [0.5, 0.6) is 0 Å². The Morgan fingerprint density at radius 1 is 1.19 bits per heavy atom. The van der Waals surface area contributed by atoms with Crippen LogP contribution in [0.3, 0.4) is 0 Å². The number of benzene rings is 1. The van der Waals surface area contributed by atoms with Crippen molar-refractivity contribution in [2.45, 2.75) is 38.2 Å². The van der Waals surface area contributed by atoms with Crippen molar-refractivity contribution in [3.8, 4) is 0 Å². The highest BCUT2D eigenvalue weighted by molar-refractivity contribution is 7.89. The molecule has 0 aliphatic heterocycles.